The van der Waals surface area contributed by atoms with Crippen molar-refractivity contribution >= 4 is 37.1 Å². The summed E-state index contributed by atoms with van der Waals surface area (Å²) in [6, 6.07) is 8.16. The van der Waals surface area contributed by atoms with Crippen LogP contribution in [0.2, 0.25) is 0 Å². The maximum Gasteiger partial charge on any atom is 0.312 e. The van der Waals surface area contributed by atoms with Gasteiger partial charge >= 0.3 is 4.87 Å². The van der Waals surface area contributed by atoms with E-state index >= 15 is 0 Å². The first-order chi connectivity index (χ1) is 11.7. The van der Waals surface area contributed by atoms with Gasteiger partial charge in [0.15, 0.2) is 9.84 Å². The second kappa shape index (κ2) is 6.47. The van der Waals surface area contributed by atoms with Crippen molar-refractivity contribution in [3.05, 3.63) is 67.6 Å². The molecule has 0 saturated heterocycles. The molecule has 0 fully saturated rings. The lowest BCUT2D eigenvalue weighted by molar-refractivity contribution is 0.557. The summed E-state index contributed by atoms with van der Waals surface area (Å²) in [7, 11) is -3.90. The summed E-state index contributed by atoms with van der Waals surface area (Å²) in [5.41, 5.74) is 0.441. The summed E-state index contributed by atoms with van der Waals surface area (Å²) in [5.74, 6) is -2.00. The lowest BCUT2D eigenvalue weighted by atomic mass is 10.1. The average molecular weight is 446 g/mol. The van der Waals surface area contributed by atoms with Gasteiger partial charge in [0.05, 0.1) is 11.4 Å². The first-order valence-electron chi connectivity index (χ1n) is 6.84. The molecular weight excluding hydrogens is 436 g/mol. The molecular formula is C16H10BrF2NO3S2. The van der Waals surface area contributed by atoms with E-state index in [1.807, 2.05) is 0 Å². The number of hydrogen-bond donors (Lipinski definition) is 0. The Hall–Kier alpha value is -1.84. The Morgan fingerprint density at radius 3 is 2.32 bits per heavy atom. The largest absolute Gasteiger partial charge is 0.312 e. The van der Waals surface area contributed by atoms with Crippen LogP contribution < -0.4 is 4.87 Å². The summed E-state index contributed by atoms with van der Waals surface area (Å²) in [6.45, 7) is 0. The molecule has 0 aliphatic rings. The van der Waals surface area contributed by atoms with Gasteiger partial charge in [0.25, 0.3) is 0 Å². The van der Waals surface area contributed by atoms with Crippen molar-refractivity contribution in [3.8, 4) is 16.9 Å². The van der Waals surface area contributed by atoms with Gasteiger partial charge in [-0.1, -0.05) is 27.3 Å². The fourth-order valence-electron chi connectivity index (χ4n) is 2.34. The molecule has 25 heavy (non-hydrogen) atoms. The molecule has 3 aromatic rings. The van der Waals surface area contributed by atoms with Crippen LogP contribution >= 0.6 is 27.3 Å². The number of aromatic nitrogens is 1. The number of thiazole rings is 1. The molecule has 0 aliphatic carbocycles. The standard InChI is InChI=1S/C16H10BrF2NO3S2/c1-25(22,23)15-7-12(18)11(6-13(15)19)14-8-24-16(21)20(14)10-4-2-9(17)3-5-10/h2-8H,1H3. The predicted octanol–water partition coefficient (Wildman–Crippen LogP) is 4.01. The van der Waals surface area contributed by atoms with E-state index in [4.69, 9.17) is 0 Å². The molecule has 0 atom stereocenters. The molecule has 0 bridgehead atoms. The van der Waals surface area contributed by atoms with Crippen LogP contribution in [-0.4, -0.2) is 19.2 Å². The maximum atomic E-state index is 14.5. The van der Waals surface area contributed by atoms with Gasteiger partial charge in [0.1, 0.15) is 16.5 Å². The Kier molecular flexibility index (Phi) is 4.65. The molecule has 0 saturated carbocycles. The van der Waals surface area contributed by atoms with Gasteiger partial charge in [-0.05, 0) is 36.4 Å². The second-order valence-electron chi connectivity index (χ2n) is 5.23. The number of hydrogen-bond acceptors (Lipinski definition) is 4. The molecule has 4 nitrogen and oxygen atoms in total. The van der Waals surface area contributed by atoms with Crippen LogP contribution in [0.1, 0.15) is 0 Å². The summed E-state index contributed by atoms with van der Waals surface area (Å²) in [5, 5.41) is 1.41. The molecule has 0 N–H and O–H groups in total. The molecule has 0 radical (unpaired) electrons. The number of nitrogens with zero attached hydrogens (tertiary/aromatic N) is 1. The number of sulfone groups is 1. The highest BCUT2D eigenvalue weighted by Crippen LogP contribution is 2.30. The zero-order chi connectivity index (χ0) is 18.4. The number of halogens is 3. The van der Waals surface area contributed by atoms with Crippen LogP contribution in [0.25, 0.3) is 16.9 Å². The van der Waals surface area contributed by atoms with Gasteiger partial charge < -0.3 is 0 Å². The average Bonchev–Trinajstić information content (AvgIpc) is 2.90. The van der Waals surface area contributed by atoms with Crippen molar-refractivity contribution in [2.75, 3.05) is 6.26 Å². The molecule has 1 heterocycles. The van der Waals surface area contributed by atoms with Crippen LogP contribution in [0.4, 0.5) is 8.78 Å². The third-order valence-electron chi connectivity index (χ3n) is 3.48. The van der Waals surface area contributed by atoms with Gasteiger partial charge in [0, 0.05) is 21.7 Å². The third-order valence-corrected chi connectivity index (χ3v) is 5.84. The van der Waals surface area contributed by atoms with Crippen molar-refractivity contribution in [3.63, 3.8) is 0 Å². The lowest BCUT2D eigenvalue weighted by Crippen LogP contribution is -2.12. The molecule has 3 rings (SSSR count). The van der Waals surface area contributed by atoms with E-state index in [2.05, 4.69) is 15.9 Å². The molecule has 130 valence electrons. The van der Waals surface area contributed by atoms with E-state index in [0.29, 0.717) is 11.8 Å². The van der Waals surface area contributed by atoms with Crippen molar-refractivity contribution in [1.29, 1.82) is 0 Å². The molecule has 2 aromatic carbocycles. The zero-order valence-corrected chi connectivity index (χ0v) is 15.9. The van der Waals surface area contributed by atoms with Gasteiger partial charge in [0.2, 0.25) is 0 Å². The molecule has 0 amide bonds. The van der Waals surface area contributed by atoms with Crippen LogP contribution in [0.15, 0.2) is 55.9 Å². The highest BCUT2D eigenvalue weighted by Gasteiger charge is 2.21. The lowest BCUT2D eigenvalue weighted by Gasteiger charge is -2.10. The summed E-state index contributed by atoms with van der Waals surface area (Å²) < 4.78 is 53.7. The maximum absolute atomic E-state index is 14.5. The highest BCUT2D eigenvalue weighted by molar-refractivity contribution is 9.10. The Labute approximate surface area is 154 Å². The van der Waals surface area contributed by atoms with E-state index in [-0.39, 0.29) is 16.1 Å². The van der Waals surface area contributed by atoms with Gasteiger partial charge in [-0.3, -0.25) is 9.36 Å². The van der Waals surface area contributed by atoms with E-state index in [9.17, 15) is 22.0 Å². The van der Waals surface area contributed by atoms with Gasteiger partial charge in [-0.2, -0.15) is 0 Å². The van der Waals surface area contributed by atoms with Crippen molar-refractivity contribution < 1.29 is 17.2 Å². The number of rotatable bonds is 3. The topological polar surface area (TPSA) is 56.1 Å². The minimum Gasteiger partial charge on any atom is -0.267 e. The smallest absolute Gasteiger partial charge is 0.267 e. The van der Waals surface area contributed by atoms with E-state index < -0.39 is 26.4 Å². The predicted molar refractivity (Wildman–Crippen MR) is 96.1 cm³/mol. The van der Waals surface area contributed by atoms with Crippen LogP contribution in [0.3, 0.4) is 0 Å². The van der Waals surface area contributed by atoms with Crippen molar-refractivity contribution in [2.45, 2.75) is 4.90 Å². The molecule has 1 aromatic heterocycles. The minimum atomic E-state index is -3.90. The van der Waals surface area contributed by atoms with Crippen LogP contribution in [-0.2, 0) is 9.84 Å². The molecule has 9 heteroatoms. The monoisotopic (exact) mass is 445 g/mol. The Morgan fingerprint density at radius 2 is 1.72 bits per heavy atom. The van der Waals surface area contributed by atoms with Gasteiger partial charge in [-0.25, -0.2) is 17.2 Å². The zero-order valence-electron chi connectivity index (χ0n) is 12.7. The second-order valence-corrected chi connectivity index (χ2v) is 8.95. The summed E-state index contributed by atoms with van der Waals surface area (Å²) >= 11 is 4.12. The Morgan fingerprint density at radius 1 is 1.08 bits per heavy atom. The molecule has 0 unspecified atom stereocenters. The van der Waals surface area contributed by atoms with Crippen molar-refractivity contribution in [1.82, 2.24) is 4.57 Å². The Bertz CT molecular complexity index is 1120. The third kappa shape index (κ3) is 3.44. The first-order valence-corrected chi connectivity index (χ1v) is 10.4. The van der Waals surface area contributed by atoms with Gasteiger partial charge in [-0.15, -0.1) is 0 Å². The number of benzene rings is 2. The quantitative estimate of drug-likeness (QED) is 0.611. The normalized spacial score (nSPS) is 11.7. The molecule has 0 spiro atoms. The highest BCUT2D eigenvalue weighted by atomic mass is 79.9. The molecule has 0 aliphatic heterocycles. The summed E-state index contributed by atoms with van der Waals surface area (Å²) in [6.07, 6.45) is 0.798. The Balaban J connectivity index is 2.24. The van der Waals surface area contributed by atoms with Crippen LogP contribution in [0.5, 0.6) is 0 Å². The summed E-state index contributed by atoms with van der Waals surface area (Å²) in [4.78, 5) is 11.1. The van der Waals surface area contributed by atoms with E-state index in [0.717, 1.165) is 28.1 Å². The SMILES string of the molecule is CS(=O)(=O)c1cc(F)c(-c2csc(=O)n2-c2ccc(Br)cc2)cc1F. The minimum absolute atomic E-state index is 0.147. The fourth-order valence-corrected chi connectivity index (χ4v) is 4.09. The van der Waals surface area contributed by atoms with E-state index in [1.165, 1.54) is 9.95 Å². The first kappa shape index (κ1) is 18.0. The van der Waals surface area contributed by atoms with Crippen LogP contribution in [0, 0.1) is 11.6 Å². The fraction of sp³-hybridized carbons (Fsp3) is 0.0625. The van der Waals surface area contributed by atoms with Crippen molar-refractivity contribution in [2.24, 2.45) is 0 Å². The van der Waals surface area contributed by atoms with E-state index in [1.54, 1.807) is 24.3 Å².